The van der Waals surface area contributed by atoms with Gasteiger partial charge in [-0.15, -0.1) is 0 Å². The van der Waals surface area contributed by atoms with E-state index >= 15 is 0 Å². The molecule has 0 aliphatic carbocycles. The van der Waals surface area contributed by atoms with Crippen molar-refractivity contribution in [3.8, 4) is 16.9 Å². The van der Waals surface area contributed by atoms with Gasteiger partial charge in [-0.2, -0.15) is 0 Å². The zero-order valence-electron chi connectivity index (χ0n) is 12.0. The summed E-state index contributed by atoms with van der Waals surface area (Å²) < 4.78 is 24.7. The summed E-state index contributed by atoms with van der Waals surface area (Å²) in [6.45, 7) is 1.67. The standard InChI is InChI=1S/C17H13FO4/c1-9-11-4-3-5-13(16(11)22-15(9)17(19)20)12-7-6-10(21-2)8-14(12)18/h3-8H,1-2H3,(H,19,20). The van der Waals surface area contributed by atoms with Crippen molar-refractivity contribution in [1.29, 1.82) is 0 Å². The summed E-state index contributed by atoms with van der Waals surface area (Å²) in [6, 6.07) is 9.71. The molecule has 0 unspecified atom stereocenters. The van der Waals surface area contributed by atoms with Crippen LogP contribution in [0.4, 0.5) is 4.39 Å². The van der Waals surface area contributed by atoms with Gasteiger partial charge in [0.25, 0.3) is 0 Å². The molecule has 3 rings (SSSR count). The molecule has 0 saturated heterocycles. The Morgan fingerprint density at radius 2 is 2.00 bits per heavy atom. The number of aromatic carboxylic acids is 1. The van der Waals surface area contributed by atoms with Crippen molar-refractivity contribution < 1.29 is 23.4 Å². The van der Waals surface area contributed by atoms with Crippen LogP contribution in [-0.2, 0) is 0 Å². The third kappa shape index (κ3) is 2.11. The van der Waals surface area contributed by atoms with Crippen LogP contribution in [0.15, 0.2) is 40.8 Å². The Balaban J connectivity index is 2.28. The average Bonchev–Trinajstić information content (AvgIpc) is 2.85. The van der Waals surface area contributed by atoms with E-state index in [1.54, 1.807) is 37.3 Å². The van der Waals surface area contributed by atoms with Crippen LogP contribution in [0.25, 0.3) is 22.1 Å². The molecular formula is C17H13FO4. The number of carboxylic acids is 1. The Morgan fingerprint density at radius 1 is 1.23 bits per heavy atom. The lowest BCUT2D eigenvalue weighted by atomic mass is 10.0. The van der Waals surface area contributed by atoms with Gasteiger partial charge in [0.2, 0.25) is 5.76 Å². The summed E-state index contributed by atoms with van der Waals surface area (Å²) >= 11 is 0. The van der Waals surface area contributed by atoms with Gasteiger partial charge in [-0.1, -0.05) is 18.2 Å². The summed E-state index contributed by atoms with van der Waals surface area (Å²) in [5, 5.41) is 9.82. The number of methoxy groups -OCH3 is 1. The number of carboxylic acid groups (broad SMARTS) is 1. The number of para-hydroxylation sites is 1. The van der Waals surface area contributed by atoms with E-state index in [9.17, 15) is 9.18 Å². The van der Waals surface area contributed by atoms with E-state index in [4.69, 9.17) is 14.3 Å². The lowest BCUT2D eigenvalue weighted by Crippen LogP contribution is -1.95. The van der Waals surface area contributed by atoms with Crippen molar-refractivity contribution in [2.24, 2.45) is 0 Å². The van der Waals surface area contributed by atoms with Crippen molar-refractivity contribution >= 4 is 16.9 Å². The van der Waals surface area contributed by atoms with Gasteiger partial charge in [0.1, 0.15) is 17.1 Å². The predicted molar refractivity (Wildman–Crippen MR) is 79.9 cm³/mol. The average molecular weight is 300 g/mol. The number of furan rings is 1. The fraction of sp³-hybridized carbons (Fsp3) is 0.118. The first-order chi connectivity index (χ1) is 10.5. The second-order valence-corrected chi connectivity index (χ2v) is 4.89. The molecular weight excluding hydrogens is 287 g/mol. The van der Waals surface area contributed by atoms with Gasteiger partial charge < -0.3 is 14.3 Å². The number of carbonyl (C=O) groups is 1. The van der Waals surface area contributed by atoms with Crippen LogP contribution in [0.5, 0.6) is 5.75 Å². The van der Waals surface area contributed by atoms with Crippen LogP contribution < -0.4 is 4.74 Å². The number of halogens is 1. The second kappa shape index (κ2) is 5.18. The van der Waals surface area contributed by atoms with E-state index in [1.807, 2.05) is 0 Å². The monoisotopic (exact) mass is 300 g/mol. The molecule has 0 spiro atoms. The molecule has 0 saturated carbocycles. The van der Waals surface area contributed by atoms with E-state index in [-0.39, 0.29) is 5.76 Å². The predicted octanol–water partition coefficient (Wildman–Crippen LogP) is 4.25. The van der Waals surface area contributed by atoms with Gasteiger partial charge in [-0.3, -0.25) is 0 Å². The number of fused-ring (bicyclic) bond motifs is 1. The molecule has 0 fully saturated rings. The molecule has 2 aromatic carbocycles. The fourth-order valence-corrected chi connectivity index (χ4v) is 2.50. The van der Waals surface area contributed by atoms with E-state index < -0.39 is 11.8 Å². The van der Waals surface area contributed by atoms with Crippen molar-refractivity contribution in [1.82, 2.24) is 0 Å². The SMILES string of the molecule is COc1ccc(-c2cccc3c(C)c(C(=O)O)oc23)c(F)c1. The van der Waals surface area contributed by atoms with Gasteiger partial charge in [0.05, 0.1) is 7.11 Å². The molecule has 0 amide bonds. The van der Waals surface area contributed by atoms with Crippen LogP contribution in [0.3, 0.4) is 0 Å². The van der Waals surface area contributed by atoms with E-state index in [2.05, 4.69) is 0 Å². The van der Waals surface area contributed by atoms with Crippen molar-refractivity contribution in [3.63, 3.8) is 0 Å². The summed E-state index contributed by atoms with van der Waals surface area (Å²) in [6.07, 6.45) is 0. The van der Waals surface area contributed by atoms with Crippen LogP contribution in [0, 0.1) is 12.7 Å². The topological polar surface area (TPSA) is 59.7 Å². The Labute approximate surface area is 125 Å². The lowest BCUT2D eigenvalue weighted by Gasteiger charge is -2.06. The van der Waals surface area contributed by atoms with Gasteiger partial charge >= 0.3 is 5.97 Å². The van der Waals surface area contributed by atoms with Gasteiger partial charge in [-0.25, -0.2) is 9.18 Å². The van der Waals surface area contributed by atoms with E-state index in [0.29, 0.717) is 33.4 Å². The first-order valence-electron chi connectivity index (χ1n) is 6.62. The first kappa shape index (κ1) is 14.1. The third-order valence-corrected chi connectivity index (χ3v) is 3.62. The normalized spacial score (nSPS) is 10.9. The van der Waals surface area contributed by atoms with Crippen LogP contribution in [0.1, 0.15) is 16.1 Å². The van der Waals surface area contributed by atoms with Gasteiger partial charge in [0.15, 0.2) is 0 Å². The molecule has 0 atom stereocenters. The highest BCUT2D eigenvalue weighted by Crippen LogP contribution is 2.35. The molecule has 4 nitrogen and oxygen atoms in total. The Kier molecular flexibility index (Phi) is 3.33. The highest BCUT2D eigenvalue weighted by Gasteiger charge is 2.20. The maximum atomic E-state index is 14.3. The van der Waals surface area contributed by atoms with Crippen molar-refractivity contribution in [2.45, 2.75) is 6.92 Å². The van der Waals surface area contributed by atoms with Crippen molar-refractivity contribution in [3.05, 3.63) is 53.5 Å². The second-order valence-electron chi connectivity index (χ2n) is 4.89. The lowest BCUT2D eigenvalue weighted by molar-refractivity contribution is 0.0664. The van der Waals surface area contributed by atoms with Crippen LogP contribution in [-0.4, -0.2) is 18.2 Å². The third-order valence-electron chi connectivity index (χ3n) is 3.62. The van der Waals surface area contributed by atoms with Crippen molar-refractivity contribution in [2.75, 3.05) is 7.11 Å². The molecule has 0 radical (unpaired) electrons. The molecule has 112 valence electrons. The molecule has 1 heterocycles. The summed E-state index contributed by atoms with van der Waals surface area (Å²) in [7, 11) is 1.46. The number of aryl methyl sites for hydroxylation is 1. The number of hydrogen-bond donors (Lipinski definition) is 1. The minimum absolute atomic E-state index is 0.128. The van der Waals surface area contributed by atoms with Crippen LogP contribution in [0.2, 0.25) is 0 Å². The Morgan fingerprint density at radius 3 is 2.64 bits per heavy atom. The van der Waals surface area contributed by atoms with E-state index in [0.717, 1.165) is 0 Å². The quantitative estimate of drug-likeness (QED) is 0.785. The molecule has 5 heteroatoms. The minimum atomic E-state index is -1.14. The maximum absolute atomic E-state index is 14.3. The molecule has 22 heavy (non-hydrogen) atoms. The molecule has 0 aliphatic heterocycles. The highest BCUT2D eigenvalue weighted by molar-refractivity contribution is 6.00. The summed E-state index contributed by atoms with van der Waals surface area (Å²) in [5.41, 5.74) is 1.73. The van der Waals surface area contributed by atoms with E-state index in [1.165, 1.54) is 13.2 Å². The molecule has 1 N–H and O–H groups in total. The highest BCUT2D eigenvalue weighted by atomic mass is 19.1. The number of hydrogen-bond acceptors (Lipinski definition) is 3. The summed E-state index contributed by atoms with van der Waals surface area (Å²) in [4.78, 5) is 11.2. The molecule has 0 aliphatic rings. The molecule has 1 aromatic heterocycles. The molecule has 3 aromatic rings. The van der Waals surface area contributed by atoms with Gasteiger partial charge in [-0.05, 0) is 19.1 Å². The first-order valence-corrected chi connectivity index (χ1v) is 6.62. The number of rotatable bonds is 3. The smallest absolute Gasteiger partial charge is 0.372 e. The fourth-order valence-electron chi connectivity index (χ4n) is 2.50. The Hall–Kier alpha value is -2.82. The van der Waals surface area contributed by atoms with Gasteiger partial charge in [0, 0.05) is 28.1 Å². The molecule has 0 bridgehead atoms. The maximum Gasteiger partial charge on any atom is 0.372 e. The minimum Gasteiger partial charge on any atom is -0.497 e. The zero-order chi connectivity index (χ0) is 15.9. The number of benzene rings is 2. The summed E-state index contributed by atoms with van der Waals surface area (Å²) in [5.74, 6) is -1.32. The Bertz CT molecular complexity index is 880. The number of ether oxygens (including phenoxy) is 1. The zero-order valence-corrected chi connectivity index (χ0v) is 12.0. The van der Waals surface area contributed by atoms with Crippen LogP contribution >= 0.6 is 0 Å². The largest absolute Gasteiger partial charge is 0.497 e.